The van der Waals surface area contributed by atoms with Crippen LogP contribution >= 0.6 is 0 Å². The number of nitrogens with one attached hydrogen (secondary N) is 1. The molecule has 2 N–H and O–H groups in total. The van der Waals surface area contributed by atoms with Crippen LogP contribution in [0.1, 0.15) is 25.0 Å². The van der Waals surface area contributed by atoms with E-state index in [2.05, 4.69) is 37.4 Å². The molecule has 17 heavy (non-hydrogen) atoms. The number of hydrogen-bond donors (Lipinski definition) is 2. The summed E-state index contributed by atoms with van der Waals surface area (Å²) in [4.78, 5) is 0. The first kappa shape index (κ1) is 14.0. The van der Waals surface area contributed by atoms with Crippen LogP contribution in [0, 0.1) is 0 Å². The molecule has 0 bridgehead atoms. The van der Waals surface area contributed by atoms with Crippen LogP contribution in [0.5, 0.6) is 0 Å². The molecule has 0 saturated carbocycles. The van der Waals surface area contributed by atoms with Crippen molar-refractivity contribution in [2.75, 3.05) is 31.7 Å². The van der Waals surface area contributed by atoms with Gasteiger partial charge in [-0.15, -0.1) is 0 Å². The molecule has 3 nitrogen and oxygen atoms in total. The lowest BCUT2D eigenvalue weighted by Gasteiger charge is -2.15. The van der Waals surface area contributed by atoms with Crippen LogP contribution in [0.2, 0.25) is 0 Å². The highest BCUT2D eigenvalue weighted by molar-refractivity contribution is 5.57. The molecule has 3 heteroatoms. The molecular weight excluding hydrogens is 214 g/mol. The molecule has 0 saturated heterocycles. The normalized spacial score (nSPS) is 10.5. The van der Waals surface area contributed by atoms with E-state index in [0.29, 0.717) is 13.2 Å². The molecule has 0 spiro atoms. The Morgan fingerprint density at radius 1 is 1.12 bits per heavy atom. The number of hydrogen-bond acceptors (Lipinski definition) is 3. The fourth-order valence-corrected chi connectivity index (χ4v) is 1.88. The van der Waals surface area contributed by atoms with Crippen LogP contribution in [0.3, 0.4) is 0 Å². The Bertz CT molecular complexity index is 304. The Morgan fingerprint density at radius 3 is 2.29 bits per heavy atom. The first-order chi connectivity index (χ1) is 8.33. The van der Waals surface area contributed by atoms with Crippen LogP contribution in [-0.2, 0) is 17.6 Å². The molecule has 1 aromatic rings. The van der Waals surface area contributed by atoms with Gasteiger partial charge < -0.3 is 15.2 Å². The van der Waals surface area contributed by atoms with E-state index in [4.69, 9.17) is 9.84 Å². The number of aryl methyl sites for hydroxylation is 2. The molecule has 0 radical (unpaired) electrons. The number of rotatable bonds is 8. The van der Waals surface area contributed by atoms with Gasteiger partial charge in [0.1, 0.15) is 0 Å². The van der Waals surface area contributed by atoms with Crippen molar-refractivity contribution >= 4 is 5.69 Å². The minimum atomic E-state index is 0.0890. The molecule has 0 aliphatic heterocycles. The molecule has 1 rings (SSSR count). The predicted octanol–water partition coefficient (Wildman–Crippen LogP) is 2.23. The summed E-state index contributed by atoms with van der Waals surface area (Å²) < 4.78 is 5.24. The molecule has 0 atom stereocenters. The fraction of sp³-hybridized carbons (Fsp3) is 0.571. The summed E-state index contributed by atoms with van der Waals surface area (Å²) in [6, 6.07) is 6.44. The first-order valence-corrected chi connectivity index (χ1v) is 6.36. The van der Waals surface area contributed by atoms with E-state index >= 15 is 0 Å². The van der Waals surface area contributed by atoms with Gasteiger partial charge in [0.05, 0.1) is 19.8 Å². The molecule has 0 heterocycles. The van der Waals surface area contributed by atoms with Crippen molar-refractivity contribution < 1.29 is 9.84 Å². The largest absolute Gasteiger partial charge is 0.394 e. The van der Waals surface area contributed by atoms with Gasteiger partial charge in [-0.25, -0.2) is 0 Å². The lowest BCUT2D eigenvalue weighted by Crippen LogP contribution is -2.13. The van der Waals surface area contributed by atoms with Crippen molar-refractivity contribution in [3.05, 3.63) is 29.3 Å². The Balaban J connectivity index is 2.55. The van der Waals surface area contributed by atoms with Crippen molar-refractivity contribution in [2.24, 2.45) is 0 Å². The molecule has 0 amide bonds. The molecule has 0 unspecified atom stereocenters. The second-order valence-electron chi connectivity index (χ2n) is 3.92. The predicted molar refractivity (Wildman–Crippen MR) is 71.6 cm³/mol. The van der Waals surface area contributed by atoms with Gasteiger partial charge in [-0.05, 0) is 24.0 Å². The Morgan fingerprint density at radius 2 is 1.76 bits per heavy atom. The monoisotopic (exact) mass is 237 g/mol. The lowest BCUT2D eigenvalue weighted by molar-refractivity contribution is 0.0992. The third kappa shape index (κ3) is 4.36. The minimum Gasteiger partial charge on any atom is -0.394 e. The number of para-hydroxylation sites is 1. The number of anilines is 1. The smallest absolute Gasteiger partial charge is 0.0698 e. The van der Waals surface area contributed by atoms with Crippen molar-refractivity contribution in [1.82, 2.24) is 0 Å². The second kappa shape index (κ2) is 8.09. The highest BCUT2D eigenvalue weighted by atomic mass is 16.5. The quantitative estimate of drug-likeness (QED) is 0.681. The summed E-state index contributed by atoms with van der Waals surface area (Å²) >= 11 is 0. The molecule has 0 aliphatic carbocycles. The van der Waals surface area contributed by atoms with E-state index < -0.39 is 0 Å². The van der Waals surface area contributed by atoms with Crippen LogP contribution in [0.4, 0.5) is 5.69 Å². The van der Waals surface area contributed by atoms with E-state index in [1.807, 2.05) is 0 Å². The summed E-state index contributed by atoms with van der Waals surface area (Å²) in [5, 5.41) is 12.0. The van der Waals surface area contributed by atoms with Gasteiger partial charge in [0.2, 0.25) is 0 Å². The topological polar surface area (TPSA) is 41.5 Å². The van der Waals surface area contributed by atoms with E-state index in [1.54, 1.807) is 0 Å². The maximum Gasteiger partial charge on any atom is 0.0698 e. The summed E-state index contributed by atoms with van der Waals surface area (Å²) in [5.74, 6) is 0. The zero-order valence-corrected chi connectivity index (χ0v) is 10.8. The van der Waals surface area contributed by atoms with Gasteiger partial charge in [-0.1, -0.05) is 32.0 Å². The first-order valence-electron chi connectivity index (χ1n) is 6.36. The van der Waals surface area contributed by atoms with Crippen molar-refractivity contribution in [3.8, 4) is 0 Å². The molecule has 0 fully saturated rings. The van der Waals surface area contributed by atoms with Crippen LogP contribution in [0.15, 0.2) is 18.2 Å². The Kier molecular flexibility index (Phi) is 6.67. The van der Waals surface area contributed by atoms with Crippen LogP contribution in [0.25, 0.3) is 0 Å². The van der Waals surface area contributed by atoms with Gasteiger partial charge in [0.25, 0.3) is 0 Å². The van der Waals surface area contributed by atoms with Crippen molar-refractivity contribution in [2.45, 2.75) is 26.7 Å². The highest BCUT2D eigenvalue weighted by Crippen LogP contribution is 2.22. The average Bonchev–Trinajstić information content (AvgIpc) is 2.38. The number of ether oxygens (including phenoxy) is 1. The van der Waals surface area contributed by atoms with Gasteiger partial charge in [0, 0.05) is 12.2 Å². The second-order valence-corrected chi connectivity index (χ2v) is 3.92. The SMILES string of the molecule is CCc1cccc(CC)c1NCCOCCO. The molecular formula is C14H23NO2. The van der Waals surface area contributed by atoms with Crippen molar-refractivity contribution in [1.29, 1.82) is 0 Å². The number of aliphatic hydroxyl groups excluding tert-OH is 1. The molecule has 1 aromatic carbocycles. The van der Waals surface area contributed by atoms with Gasteiger partial charge >= 0.3 is 0 Å². The van der Waals surface area contributed by atoms with E-state index in [-0.39, 0.29) is 6.61 Å². The zero-order chi connectivity index (χ0) is 12.5. The zero-order valence-electron chi connectivity index (χ0n) is 10.8. The summed E-state index contributed by atoms with van der Waals surface area (Å²) in [6.07, 6.45) is 2.07. The van der Waals surface area contributed by atoms with E-state index in [9.17, 15) is 0 Å². The van der Waals surface area contributed by atoms with Crippen LogP contribution < -0.4 is 5.32 Å². The van der Waals surface area contributed by atoms with Gasteiger partial charge in [0.15, 0.2) is 0 Å². The van der Waals surface area contributed by atoms with Crippen LogP contribution in [-0.4, -0.2) is 31.5 Å². The Hall–Kier alpha value is -1.06. The summed E-state index contributed by atoms with van der Waals surface area (Å²) in [5.41, 5.74) is 3.96. The maximum absolute atomic E-state index is 8.60. The average molecular weight is 237 g/mol. The number of aliphatic hydroxyl groups is 1. The summed E-state index contributed by atoms with van der Waals surface area (Å²) in [6.45, 7) is 6.25. The highest BCUT2D eigenvalue weighted by Gasteiger charge is 2.04. The van der Waals surface area contributed by atoms with Gasteiger partial charge in [-0.2, -0.15) is 0 Å². The molecule has 0 aliphatic rings. The maximum atomic E-state index is 8.60. The standard InChI is InChI=1S/C14H23NO2/c1-3-12-6-5-7-13(4-2)14(12)15-8-10-17-11-9-16/h5-7,15-16H,3-4,8-11H2,1-2H3. The third-order valence-electron chi connectivity index (χ3n) is 2.78. The van der Waals surface area contributed by atoms with E-state index in [1.165, 1.54) is 16.8 Å². The third-order valence-corrected chi connectivity index (χ3v) is 2.78. The fourth-order valence-electron chi connectivity index (χ4n) is 1.88. The minimum absolute atomic E-state index is 0.0890. The van der Waals surface area contributed by atoms with E-state index in [0.717, 1.165) is 19.4 Å². The lowest BCUT2D eigenvalue weighted by atomic mass is 10.0. The summed E-state index contributed by atoms with van der Waals surface area (Å²) in [7, 11) is 0. The molecule has 0 aromatic heterocycles. The number of benzene rings is 1. The Labute approximate surface area is 104 Å². The van der Waals surface area contributed by atoms with Crippen molar-refractivity contribution in [3.63, 3.8) is 0 Å². The van der Waals surface area contributed by atoms with Gasteiger partial charge in [-0.3, -0.25) is 0 Å². The molecule has 96 valence electrons.